The number of para-hydroxylation sites is 1. The Bertz CT molecular complexity index is 1090. The molecule has 144 valence electrons. The van der Waals surface area contributed by atoms with Gasteiger partial charge in [0.2, 0.25) is 5.91 Å². The second-order valence-electron chi connectivity index (χ2n) is 5.96. The van der Waals surface area contributed by atoms with Gasteiger partial charge >= 0.3 is 0 Å². The van der Waals surface area contributed by atoms with Crippen molar-refractivity contribution in [3.8, 4) is 0 Å². The summed E-state index contributed by atoms with van der Waals surface area (Å²) in [5.41, 5.74) is 1.60. The van der Waals surface area contributed by atoms with Crippen LogP contribution in [0.4, 0.5) is 11.4 Å². The van der Waals surface area contributed by atoms with Crippen molar-refractivity contribution >= 4 is 50.5 Å². The summed E-state index contributed by atoms with van der Waals surface area (Å²) in [5, 5.41) is 3.62. The maximum atomic E-state index is 12.4. The van der Waals surface area contributed by atoms with Gasteiger partial charge in [-0.25, -0.2) is 8.42 Å². The zero-order valence-corrected chi connectivity index (χ0v) is 16.9. The molecule has 28 heavy (non-hydrogen) atoms. The van der Waals surface area contributed by atoms with Crippen LogP contribution in [-0.4, -0.2) is 14.3 Å². The molecule has 3 aromatic rings. The highest BCUT2D eigenvalue weighted by molar-refractivity contribution is 7.92. The van der Waals surface area contributed by atoms with E-state index < -0.39 is 10.0 Å². The lowest BCUT2D eigenvalue weighted by atomic mass is 10.1. The number of carbonyl (C=O) groups excluding carboxylic acids is 1. The van der Waals surface area contributed by atoms with Gasteiger partial charge in [0.1, 0.15) is 0 Å². The summed E-state index contributed by atoms with van der Waals surface area (Å²) in [5.74, 6) is -0.276. The minimum Gasteiger partial charge on any atom is -0.326 e. The summed E-state index contributed by atoms with van der Waals surface area (Å²) in [6, 6.07) is 19.4. The molecule has 0 saturated carbocycles. The minimum absolute atomic E-state index is 0.0750. The lowest BCUT2D eigenvalue weighted by Crippen LogP contribution is -2.15. The molecule has 0 radical (unpaired) electrons. The first-order valence-electron chi connectivity index (χ1n) is 8.25. The average Bonchev–Trinajstić information content (AvgIpc) is 2.65. The van der Waals surface area contributed by atoms with Crippen molar-refractivity contribution in [2.75, 3.05) is 10.0 Å². The summed E-state index contributed by atoms with van der Waals surface area (Å²) >= 11 is 11.9. The predicted octanol–water partition coefficient (Wildman–Crippen LogP) is 4.98. The normalized spacial score (nSPS) is 11.1. The van der Waals surface area contributed by atoms with Crippen molar-refractivity contribution in [1.29, 1.82) is 0 Å². The monoisotopic (exact) mass is 434 g/mol. The van der Waals surface area contributed by atoms with Crippen molar-refractivity contribution in [3.05, 3.63) is 88.4 Å². The minimum atomic E-state index is -3.71. The van der Waals surface area contributed by atoms with E-state index in [9.17, 15) is 13.2 Å². The van der Waals surface area contributed by atoms with Gasteiger partial charge in [0.05, 0.1) is 11.3 Å². The number of halogens is 2. The van der Waals surface area contributed by atoms with Crippen LogP contribution in [0.5, 0.6) is 0 Å². The first-order valence-corrected chi connectivity index (χ1v) is 10.5. The van der Waals surface area contributed by atoms with E-state index in [1.165, 1.54) is 24.3 Å². The van der Waals surface area contributed by atoms with Crippen LogP contribution >= 0.6 is 23.2 Å². The summed E-state index contributed by atoms with van der Waals surface area (Å²) in [7, 11) is -3.71. The topological polar surface area (TPSA) is 75.3 Å². The molecule has 0 unspecified atom stereocenters. The third-order valence-electron chi connectivity index (χ3n) is 3.84. The Morgan fingerprint density at radius 1 is 0.857 bits per heavy atom. The molecule has 2 N–H and O–H groups in total. The second-order valence-corrected chi connectivity index (χ2v) is 8.48. The van der Waals surface area contributed by atoms with Gasteiger partial charge in [-0.1, -0.05) is 47.5 Å². The molecule has 0 aliphatic heterocycles. The van der Waals surface area contributed by atoms with Crippen molar-refractivity contribution in [2.45, 2.75) is 11.3 Å². The van der Waals surface area contributed by atoms with Crippen LogP contribution in [-0.2, 0) is 21.2 Å². The lowest BCUT2D eigenvalue weighted by Gasteiger charge is -2.10. The molecule has 8 heteroatoms. The fourth-order valence-electron chi connectivity index (χ4n) is 2.48. The predicted molar refractivity (Wildman–Crippen MR) is 112 cm³/mol. The van der Waals surface area contributed by atoms with Crippen LogP contribution in [0.1, 0.15) is 5.56 Å². The second kappa shape index (κ2) is 8.65. The zero-order valence-electron chi connectivity index (χ0n) is 14.5. The number of nitrogens with one attached hydrogen (secondary N) is 2. The number of sulfonamides is 1. The summed E-state index contributed by atoms with van der Waals surface area (Å²) < 4.78 is 27.3. The Hall–Kier alpha value is -2.54. The Kier molecular flexibility index (Phi) is 6.24. The molecule has 0 bridgehead atoms. The van der Waals surface area contributed by atoms with Crippen LogP contribution in [0.25, 0.3) is 0 Å². The number of rotatable bonds is 6. The van der Waals surface area contributed by atoms with Crippen LogP contribution in [0.3, 0.4) is 0 Å². The van der Waals surface area contributed by atoms with Crippen LogP contribution in [0.2, 0.25) is 10.0 Å². The third kappa shape index (κ3) is 5.25. The fourth-order valence-corrected chi connectivity index (χ4v) is 4.01. The highest BCUT2D eigenvalue weighted by Crippen LogP contribution is 2.22. The molecule has 3 rings (SSSR count). The molecule has 0 spiro atoms. The standard InChI is InChI=1S/C20H16Cl2N2O3S/c21-15-7-6-14(19(22)13-15)12-20(25)23-16-8-10-18(11-9-16)28(26,27)24-17-4-2-1-3-5-17/h1-11,13,24H,12H2,(H,23,25). The van der Waals surface area contributed by atoms with E-state index in [1.807, 2.05) is 0 Å². The summed E-state index contributed by atoms with van der Waals surface area (Å²) in [6.45, 7) is 0. The molecule has 0 saturated heterocycles. The van der Waals surface area contributed by atoms with Gasteiger partial charge < -0.3 is 5.32 Å². The van der Waals surface area contributed by atoms with Crippen LogP contribution in [0.15, 0.2) is 77.7 Å². The number of hydrogen-bond donors (Lipinski definition) is 2. The Morgan fingerprint density at radius 2 is 1.54 bits per heavy atom. The summed E-state index contributed by atoms with van der Waals surface area (Å²) in [6.07, 6.45) is 0.0750. The zero-order chi connectivity index (χ0) is 20.1. The molecule has 1 amide bonds. The highest BCUT2D eigenvalue weighted by Gasteiger charge is 2.14. The molecule has 5 nitrogen and oxygen atoms in total. The van der Waals surface area contributed by atoms with E-state index >= 15 is 0 Å². The third-order valence-corrected chi connectivity index (χ3v) is 5.82. The van der Waals surface area contributed by atoms with Crippen molar-refractivity contribution in [1.82, 2.24) is 0 Å². The molecule has 0 aromatic heterocycles. The van der Waals surface area contributed by atoms with E-state index in [2.05, 4.69) is 10.0 Å². The first-order chi connectivity index (χ1) is 13.3. The maximum Gasteiger partial charge on any atom is 0.261 e. The molecule has 3 aromatic carbocycles. The fraction of sp³-hybridized carbons (Fsp3) is 0.0500. The largest absolute Gasteiger partial charge is 0.326 e. The quantitative estimate of drug-likeness (QED) is 0.574. The first kappa shape index (κ1) is 20.2. The van der Waals surface area contributed by atoms with Crippen molar-refractivity contribution in [3.63, 3.8) is 0 Å². The summed E-state index contributed by atoms with van der Waals surface area (Å²) in [4.78, 5) is 12.3. The van der Waals surface area contributed by atoms with Crippen LogP contribution in [0, 0.1) is 0 Å². The van der Waals surface area contributed by atoms with Crippen molar-refractivity contribution in [2.24, 2.45) is 0 Å². The number of amides is 1. The van der Waals surface area contributed by atoms with Crippen LogP contribution < -0.4 is 10.0 Å². The Morgan fingerprint density at radius 3 is 2.18 bits per heavy atom. The molecule has 0 fully saturated rings. The Labute approximate surface area is 173 Å². The molecular weight excluding hydrogens is 419 g/mol. The maximum absolute atomic E-state index is 12.4. The molecular formula is C20H16Cl2N2O3S. The van der Waals surface area contributed by atoms with Gasteiger partial charge in [0, 0.05) is 21.4 Å². The number of hydrogen-bond acceptors (Lipinski definition) is 3. The number of anilines is 2. The molecule has 0 atom stereocenters. The molecule has 0 aliphatic rings. The van der Waals surface area contributed by atoms with E-state index in [-0.39, 0.29) is 17.2 Å². The van der Waals surface area contributed by atoms with E-state index in [0.717, 1.165) is 0 Å². The smallest absolute Gasteiger partial charge is 0.261 e. The van der Waals surface area contributed by atoms with Gasteiger partial charge in [-0.15, -0.1) is 0 Å². The van der Waals surface area contributed by atoms with E-state index in [0.29, 0.717) is 27.0 Å². The molecule has 0 aliphatic carbocycles. The average molecular weight is 435 g/mol. The van der Waals surface area contributed by atoms with Gasteiger partial charge in [-0.05, 0) is 54.1 Å². The number of benzene rings is 3. The lowest BCUT2D eigenvalue weighted by molar-refractivity contribution is -0.115. The Balaban J connectivity index is 1.66. The molecule has 0 heterocycles. The number of carbonyl (C=O) groups is 1. The van der Waals surface area contributed by atoms with Crippen molar-refractivity contribution < 1.29 is 13.2 Å². The van der Waals surface area contributed by atoms with Gasteiger partial charge in [0.25, 0.3) is 10.0 Å². The van der Waals surface area contributed by atoms with Gasteiger partial charge in [-0.2, -0.15) is 0 Å². The van der Waals surface area contributed by atoms with Gasteiger partial charge in [-0.3, -0.25) is 9.52 Å². The SMILES string of the molecule is O=C(Cc1ccc(Cl)cc1Cl)Nc1ccc(S(=O)(=O)Nc2ccccc2)cc1. The highest BCUT2D eigenvalue weighted by atomic mass is 35.5. The van der Waals surface area contributed by atoms with E-state index in [1.54, 1.807) is 48.5 Å². The van der Waals surface area contributed by atoms with Gasteiger partial charge in [0.15, 0.2) is 0 Å². The van der Waals surface area contributed by atoms with E-state index in [4.69, 9.17) is 23.2 Å².